The Bertz CT molecular complexity index is 665. The quantitative estimate of drug-likeness (QED) is 0.821. The lowest BCUT2D eigenvalue weighted by molar-refractivity contribution is 0.507. The molecular formula is C10H8F2N2O2S. The number of sulfone groups is 1. The predicted molar refractivity (Wildman–Crippen MR) is 56.6 cm³/mol. The fourth-order valence-corrected chi connectivity index (χ4v) is 2.17. The number of hydrogen-bond acceptors (Lipinski definition) is 3. The monoisotopic (exact) mass is 258 g/mol. The summed E-state index contributed by atoms with van der Waals surface area (Å²) in [4.78, 5) is 3.67. The Labute approximate surface area is 96.4 Å². The van der Waals surface area contributed by atoms with Crippen LogP contribution in [-0.2, 0) is 9.84 Å². The smallest absolute Gasteiger partial charge is 0.231 e. The molecule has 0 saturated heterocycles. The molecule has 1 heterocycles. The lowest BCUT2D eigenvalue weighted by atomic mass is 10.3. The van der Waals surface area contributed by atoms with Gasteiger partial charge in [0.2, 0.25) is 15.0 Å². The normalized spacial score (nSPS) is 11.7. The summed E-state index contributed by atoms with van der Waals surface area (Å²) in [5, 5.41) is -0.219. The molecule has 0 unspecified atom stereocenters. The van der Waals surface area contributed by atoms with Gasteiger partial charge < -0.3 is 0 Å². The lowest BCUT2D eigenvalue weighted by Gasteiger charge is -2.06. The first-order chi connectivity index (χ1) is 7.89. The third-order valence-corrected chi connectivity index (χ3v) is 3.09. The summed E-state index contributed by atoms with van der Waals surface area (Å²) >= 11 is 0. The van der Waals surface area contributed by atoms with Gasteiger partial charge in [-0.25, -0.2) is 22.2 Å². The molecule has 4 nitrogen and oxygen atoms in total. The molecule has 0 aliphatic rings. The Balaban J connectivity index is 2.62. The number of benzene rings is 1. The zero-order valence-corrected chi connectivity index (χ0v) is 9.58. The maximum atomic E-state index is 13.0. The predicted octanol–water partition coefficient (Wildman–Crippen LogP) is 1.55. The second-order valence-electron chi connectivity index (χ2n) is 3.45. The van der Waals surface area contributed by atoms with Crippen LogP contribution in [0.2, 0.25) is 0 Å². The average Bonchev–Trinajstić information content (AvgIpc) is 2.70. The van der Waals surface area contributed by atoms with Crippen LogP contribution < -0.4 is 0 Å². The summed E-state index contributed by atoms with van der Waals surface area (Å²) in [6.07, 6.45) is 3.63. The molecule has 1 aromatic carbocycles. The van der Waals surface area contributed by atoms with Crippen molar-refractivity contribution in [3.63, 3.8) is 0 Å². The van der Waals surface area contributed by atoms with Gasteiger partial charge in [-0.2, -0.15) is 0 Å². The minimum Gasteiger partial charge on any atom is -0.291 e. The topological polar surface area (TPSA) is 52.0 Å². The van der Waals surface area contributed by atoms with Gasteiger partial charge in [0.25, 0.3) is 0 Å². The van der Waals surface area contributed by atoms with Gasteiger partial charge in [0.1, 0.15) is 0 Å². The van der Waals surface area contributed by atoms with Crippen LogP contribution in [0.25, 0.3) is 5.69 Å². The van der Waals surface area contributed by atoms with E-state index < -0.39 is 21.5 Å². The standard InChI is InChI=1S/C10H8F2N2O2S/c1-17(15,16)10-13-4-5-14(10)7-2-3-8(11)9(12)6-7/h2-6H,1H3. The van der Waals surface area contributed by atoms with Gasteiger partial charge in [0.05, 0.1) is 5.69 Å². The zero-order valence-electron chi connectivity index (χ0n) is 8.76. The molecule has 0 amide bonds. The summed E-state index contributed by atoms with van der Waals surface area (Å²) in [5.41, 5.74) is 0.196. The van der Waals surface area contributed by atoms with Gasteiger partial charge in [-0.15, -0.1) is 0 Å². The van der Waals surface area contributed by atoms with Crippen LogP contribution in [0.5, 0.6) is 0 Å². The van der Waals surface area contributed by atoms with Crippen molar-refractivity contribution in [3.8, 4) is 5.69 Å². The Morgan fingerprint density at radius 1 is 1.24 bits per heavy atom. The van der Waals surface area contributed by atoms with Crippen LogP contribution >= 0.6 is 0 Å². The van der Waals surface area contributed by atoms with Gasteiger partial charge >= 0.3 is 0 Å². The van der Waals surface area contributed by atoms with Crippen molar-refractivity contribution in [3.05, 3.63) is 42.2 Å². The zero-order chi connectivity index (χ0) is 12.6. The fourth-order valence-electron chi connectivity index (χ4n) is 1.40. The lowest BCUT2D eigenvalue weighted by Crippen LogP contribution is -2.07. The Morgan fingerprint density at radius 2 is 1.94 bits per heavy atom. The molecule has 7 heteroatoms. The number of nitrogens with zero attached hydrogens (tertiary/aromatic N) is 2. The molecule has 17 heavy (non-hydrogen) atoms. The van der Waals surface area contributed by atoms with Gasteiger partial charge in [-0.1, -0.05) is 0 Å². The van der Waals surface area contributed by atoms with Crippen molar-refractivity contribution in [1.29, 1.82) is 0 Å². The molecule has 0 spiro atoms. The van der Waals surface area contributed by atoms with Crippen molar-refractivity contribution in [1.82, 2.24) is 9.55 Å². The molecule has 0 aliphatic carbocycles. The molecular weight excluding hydrogens is 250 g/mol. The highest BCUT2D eigenvalue weighted by molar-refractivity contribution is 7.90. The molecule has 2 rings (SSSR count). The van der Waals surface area contributed by atoms with E-state index >= 15 is 0 Å². The summed E-state index contributed by atoms with van der Waals surface area (Å²) in [6, 6.07) is 3.11. The van der Waals surface area contributed by atoms with E-state index in [1.54, 1.807) is 0 Å². The van der Waals surface area contributed by atoms with Crippen molar-refractivity contribution < 1.29 is 17.2 Å². The van der Waals surface area contributed by atoms with Crippen LogP contribution in [0, 0.1) is 11.6 Å². The highest BCUT2D eigenvalue weighted by Gasteiger charge is 2.16. The van der Waals surface area contributed by atoms with Gasteiger partial charge in [-0.05, 0) is 12.1 Å². The van der Waals surface area contributed by atoms with E-state index in [1.807, 2.05) is 0 Å². The van der Waals surface area contributed by atoms with E-state index in [1.165, 1.54) is 23.0 Å². The number of hydrogen-bond donors (Lipinski definition) is 0. The van der Waals surface area contributed by atoms with Gasteiger partial charge in [0, 0.05) is 24.7 Å². The van der Waals surface area contributed by atoms with Crippen molar-refractivity contribution in [2.75, 3.05) is 6.26 Å². The molecule has 0 radical (unpaired) electrons. The van der Waals surface area contributed by atoms with Crippen molar-refractivity contribution in [2.45, 2.75) is 5.16 Å². The molecule has 0 N–H and O–H groups in total. The van der Waals surface area contributed by atoms with Crippen LogP contribution in [0.1, 0.15) is 0 Å². The largest absolute Gasteiger partial charge is 0.291 e. The van der Waals surface area contributed by atoms with Gasteiger partial charge in [-0.3, -0.25) is 4.57 Å². The van der Waals surface area contributed by atoms with Gasteiger partial charge in [0.15, 0.2) is 11.6 Å². The Kier molecular flexibility index (Phi) is 2.70. The van der Waals surface area contributed by atoms with Crippen LogP contribution in [0.4, 0.5) is 8.78 Å². The first-order valence-corrected chi connectivity index (χ1v) is 6.47. The first-order valence-electron chi connectivity index (χ1n) is 4.58. The third kappa shape index (κ3) is 2.19. The highest BCUT2D eigenvalue weighted by Crippen LogP contribution is 2.17. The molecule has 0 fully saturated rings. The molecule has 0 saturated carbocycles. The summed E-state index contributed by atoms with van der Waals surface area (Å²) in [6.45, 7) is 0. The molecule has 90 valence electrons. The number of rotatable bonds is 2. The van der Waals surface area contributed by atoms with Crippen LogP contribution in [0.3, 0.4) is 0 Å². The second kappa shape index (κ2) is 3.92. The number of imidazole rings is 1. The Hall–Kier alpha value is -1.76. The first kappa shape index (κ1) is 11.7. The summed E-state index contributed by atoms with van der Waals surface area (Å²) in [7, 11) is -3.53. The van der Waals surface area contributed by atoms with E-state index in [-0.39, 0.29) is 10.8 Å². The molecule has 0 bridgehead atoms. The maximum Gasteiger partial charge on any atom is 0.231 e. The van der Waals surface area contributed by atoms with E-state index in [0.717, 1.165) is 18.4 Å². The molecule has 1 aromatic heterocycles. The summed E-state index contributed by atoms with van der Waals surface area (Å²) < 4.78 is 49.8. The summed E-state index contributed by atoms with van der Waals surface area (Å²) in [5.74, 6) is -2.04. The third-order valence-electron chi connectivity index (χ3n) is 2.12. The number of aromatic nitrogens is 2. The van der Waals surface area contributed by atoms with Crippen LogP contribution in [0.15, 0.2) is 35.7 Å². The molecule has 2 aromatic rings. The van der Waals surface area contributed by atoms with Crippen LogP contribution in [-0.4, -0.2) is 24.2 Å². The van der Waals surface area contributed by atoms with E-state index in [0.29, 0.717) is 0 Å². The maximum absolute atomic E-state index is 13.0. The van der Waals surface area contributed by atoms with Crippen molar-refractivity contribution >= 4 is 9.84 Å². The second-order valence-corrected chi connectivity index (χ2v) is 5.36. The minimum absolute atomic E-state index is 0.196. The Morgan fingerprint density at radius 3 is 2.53 bits per heavy atom. The van der Waals surface area contributed by atoms with Crippen molar-refractivity contribution in [2.24, 2.45) is 0 Å². The van der Waals surface area contributed by atoms with E-state index in [4.69, 9.17) is 0 Å². The van der Waals surface area contributed by atoms with E-state index in [9.17, 15) is 17.2 Å². The van der Waals surface area contributed by atoms with E-state index in [2.05, 4.69) is 4.98 Å². The average molecular weight is 258 g/mol. The minimum atomic E-state index is -3.53. The highest BCUT2D eigenvalue weighted by atomic mass is 32.2. The molecule has 0 atom stereocenters. The number of halogens is 2. The molecule has 0 aliphatic heterocycles. The SMILES string of the molecule is CS(=O)(=O)c1nccn1-c1ccc(F)c(F)c1. The fraction of sp³-hybridized carbons (Fsp3) is 0.100.